The number of alkyl halides is 1. The smallest absolute Gasteiger partial charge is 0.205 e. The Kier molecular flexibility index (Phi) is 4.66. The molecule has 0 N–H and O–H groups in total. The standard InChI is InChI=1S/C8H14BrN3S/c1-7(2)12(5-3-4-9)8-10-6-11-13-8/h6-7H,3-5H2,1-2H3. The van der Waals surface area contributed by atoms with E-state index in [0.717, 1.165) is 23.4 Å². The molecule has 1 rings (SSSR count). The summed E-state index contributed by atoms with van der Waals surface area (Å²) in [4.78, 5) is 6.49. The van der Waals surface area contributed by atoms with Gasteiger partial charge in [-0.15, -0.1) is 0 Å². The van der Waals surface area contributed by atoms with Gasteiger partial charge < -0.3 is 4.90 Å². The van der Waals surface area contributed by atoms with Gasteiger partial charge in [0.15, 0.2) is 0 Å². The molecular weight excluding hydrogens is 250 g/mol. The lowest BCUT2D eigenvalue weighted by Crippen LogP contribution is -2.31. The van der Waals surface area contributed by atoms with E-state index >= 15 is 0 Å². The molecule has 0 aliphatic carbocycles. The van der Waals surface area contributed by atoms with Crippen molar-refractivity contribution in [3.05, 3.63) is 6.33 Å². The minimum Gasteiger partial charge on any atom is -0.344 e. The molecule has 0 aliphatic rings. The second-order valence-electron chi connectivity index (χ2n) is 3.05. The van der Waals surface area contributed by atoms with E-state index in [4.69, 9.17) is 0 Å². The summed E-state index contributed by atoms with van der Waals surface area (Å²) in [7, 11) is 0. The Bertz CT molecular complexity index is 225. The second-order valence-corrected chi connectivity index (χ2v) is 4.61. The maximum atomic E-state index is 4.21. The molecule has 0 aromatic carbocycles. The Balaban J connectivity index is 2.58. The molecule has 1 heterocycles. The molecule has 5 heteroatoms. The molecule has 0 amide bonds. The fraction of sp³-hybridized carbons (Fsp3) is 0.750. The lowest BCUT2D eigenvalue weighted by molar-refractivity contribution is 0.672. The van der Waals surface area contributed by atoms with Gasteiger partial charge in [0.1, 0.15) is 6.33 Å². The van der Waals surface area contributed by atoms with Crippen molar-refractivity contribution in [1.82, 2.24) is 9.36 Å². The highest BCUT2D eigenvalue weighted by molar-refractivity contribution is 9.09. The summed E-state index contributed by atoms with van der Waals surface area (Å²) in [6.45, 7) is 5.39. The first-order chi connectivity index (χ1) is 6.25. The molecule has 3 nitrogen and oxygen atoms in total. The predicted molar refractivity (Wildman–Crippen MR) is 60.8 cm³/mol. The average molecular weight is 264 g/mol. The van der Waals surface area contributed by atoms with Crippen LogP contribution >= 0.6 is 27.5 Å². The van der Waals surface area contributed by atoms with Crippen molar-refractivity contribution in [2.24, 2.45) is 0 Å². The molecular formula is C8H14BrN3S. The number of rotatable bonds is 5. The van der Waals surface area contributed by atoms with Crippen LogP contribution in [0, 0.1) is 0 Å². The first-order valence-electron chi connectivity index (χ1n) is 4.35. The topological polar surface area (TPSA) is 29.0 Å². The number of hydrogen-bond acceptors (Lipinski definition) is 4. The molecule has 0 fully saturated rings. The number of hydrogen-bond donors (Lipinski definition) is 0. The van der Waals surface area contributed by atoms with Crippen LogP contribution in [0.2, 0.25) is 0 Å². The molecule has 0 radical (unpaired) electrons. The third kappa shape index (κ3) is 3.23. The van der Waals surface area contributed by atoms with Crippen molar-refractivity contribution < 1.29 is 0 Å². The van der Waals surface area contributed by atoms with Crippen LogP contribution in [0.4, 0.5) is 5.13 Å². The van der Waals surface area contributed by atoms with Crippen LogP contribution in [-0.2, 0) is 0 Å². The van der Waals surface area contributed by atoms with Crippen molar-refractivity contribution in [2.75, 3.05) is 16.8 Å². The van der Waals surface area contributed by atoms with Gasteiger partial charge in [-0.25, -0.2) is 4.98 Å². The van der Waals surface area contributed by atoms with Crippen LogP contribution in [0.5, 0.6) is 0 Å². The Morgan fingerprint density at radius 1 is 1.62 bits per heavy atom. The lowest BCUT2D eigenvalue weighted by Gasteiger charge is -2.25. The summed E-state index contributed by atoms with van der Waals surface area (Å²) in [6.07, 6.45) is 2.75. The van der Waals surface area contributed by atoms with Crippen LogP contribution in [0.3, 0.4) is 0 Å². The largest absolute Gasteiger partial charge is 0.344 e. The summed E-state index contributed by atoms with van der Waals surface area (Å²) in [6, 6.07) is 0.493. The van der Waals surface area contributed by atoms with E-state index in [1.54, 1.807) is 6.33 Å². The van der Waals surface area contributed by atoms with Gasteiger partial charge in [-0.3, -0.25) is 0 Å². The lowest BCUT2D eigenvalue weighted by atomic mass is 10.3. The number of nitrogens with zero attached hydrogens (tertiary/aromatic N) is 3. The van der Waals surface area contributed by atoms with Gasteiger partial charge in [-0.05, 0) is 20.3 Å². The Morgan fingerprint density at radius 3 is 2.85 bits per heavy atom. The van der Waals surface area contributed by atoms with Crippen molar-refractivity contribution >= 4 is 32.6 Å². The van der Waals surface area contributed by atoms with Crippen molar-refractivity contribution in [3.8, 4) is 0 Å². The number of anilines is 1. The van der Waals surface area contributed by atoms with Crippen LogP contribution < -0.4 is 4.90 Å². The Hall–Kier alpha value is -0.160. The second kappa shape index (κ2) is 5.54. The highest BCUT2D eigenvalue weighted by Crippen LogP contribution is 2.17. The first-order valence-corrected chi connectivity index (χ1v) is 6.24. The van der Waals surface area contributed by atoms with Gasteiger partial charge in [-0.1, -0.05) is 15.9 Å². The maximum absolute atomic E-state index is 4.21. The molecule has 0 saturated heterocycles. The third-order valence-electron chi connectivity index (χ3n) is 1.75. The summed E-state index contributed by atoms with van der Waals surface area (Å²) in [5, 5.41) is 2.06. The SMILES string of the molecule is CC(C)N(CCCBr)c1ncns1. The zero-order valence-corrected chi connectivity index (χ0v) is 10.3. The zero-order valence-electron chi connectivity index (χ0n) is 7.90. The molecule has 0 saturated carbocycles. The van der Waals surface area contributed by atoms with Crippen LogP contribution in [0.25, 0.3) is 0 Å². The minimum absolute atomic E-state index is 0.493. The van der Waals surface area contributed by atoms with E-state index in [1.807, 2.05) is 0 Å². The fourth-order valence-corrected chi connectivity index (χ4v) is 2.04. The van der Waals surface area contributed by atoms with E-state index in [-0.39, 0.29) is 0 Å². The van der Waals surface area contributed by atoms with E-state index in [1.165, 1.54) is 11.5 Å². The predicted octanol–water partition coefficient (Wildman–Crippen LogP) is 2.54. The maximum Gasteiger partial charge on any atom is 0.205 e. The summed E-state index contributed by atoms with van der Waals surface area (Å²) < 4.78 is 4.01. The van der Waals surface area contributed by atoms with E-state index in [2.05, 4.69) is 44.0 Å². The van der Waals surface area contributed by atoms with Crippen molar-refractivity contribution in [3.63, 3.8) is 0 Å². The highest BCUT2D eigenvalue weighted by Gasteiger charge is 2.12. The molecule has 0 bridgehead atoms. The molecule has 0 unspecified atom stereocenters. The van der Waals surface area contributed by atoms with Crippen LogP contribution in [-0.4, -0.2) is 27.3 Å². The van der Waals surface area contributed by atoms with Crippen LogP contribution in [0.1, 0.15) is 20.3 Å². The van der Waals surface area contributed by atoms with Gasteiger partial charge in [0.05, 0.1) is 0 Å². The van der Waals surface area contributed by atoms with Gasteiger partial charge in [0.25, 0.3) is 0 Å². The zero-order chi connectivity index (χ0) is 9.68. The number of halogens is 1. The van der Waals surface area contributed by atoms with Crippen molar-refractivity contribution in [1.29, 1.82) is 0 Å². The molecule has 1 aromatic heterocycles. The number of aromatic nitrogens is 2. The minimum atomic E-state index is 0.493. The first kappa shape index (κ1) is 10.9. The third-order valence-corrected chi connectivity index (χ3v) is 3.02. The normalized spacial score (nSPS) is 10.8. The van der Waals surface area contributed by atoms with Gasteiger partial charge in [0.2, 0.25) is 5.13 Å². The van der Waals surface area contributed by atoms with E-state index < -0.39 is 0 Å². The van der Waals surface area contributed by atoms with Gasteiger partial charge in [-0.2, -0.15) is 4.37 Å². The molecule has 0 atom stereocenters. The summed E-state index contributed by atoms with van der Waals surface area (Å²) in [5.74, 6) is 0. The molecule has 13 heavy (non-hydrogen) atoms. The monoisotopic (exact) mass is 263 g/mol. The van der Waals surface area contributed by atoms with Crippen LogP contribution in [0.15, 0.2) is 6.33 Å². The quantitative estimate of drug-likeness (QED) is 0.765. The molecule has 0 spiro atoms. The molecule has 74 valence electrons. The summed E-state index contributed by atoms with van der Waals surface area (Å²) in [5.41, 5.74) is 0. The molecule has 1 aromatic rings. The van der Waals surface area contributed by atoms with Gasteiger partial charge in [0, 0.05) is 29.4 Å². The van der Waals surface area contributed by atoms with Gasteiger partial charge >= 0.3 is 0 Å². The van der Waals surface area contributed by atoms with E-state index in [9.17, 15) is 0 Å². The van der Waals surface area contributed by atoms with E-state index in [0.29, 0.717) is 6.04 Å². The molecule has 0 aliphatic heterocycles. The fourth-order valence-electron chi connectivity index (χ4n) is 1.10. The Morgan fingerprint density at radius 2 is 2.38 bits per heavy atom. The highest BCUT2D eigenvalue weighted by atomic mass is 79.9. The Labute approximate surface area is 91.5 Å². The van der Waals surface area contributed by atoms with Crippen molar-refractivity contribution in [2.45, 2.75) is 26.3 Å². The average Bonchev–Trinajstić information content (AvgIpc) is 2.57. The summed E-state index contributed by atoms with van der Waals surface area (Å²) >= 11 is 4.89.